The van der Waals surface area contributed by atoms with Crippen molar-refractivity contribution in [1.29, 1.82) is 0 Å². The molecule has 2 aromatic heterocycles. The smallest absolute Gasteiger partial charge is 0.316 e. The Morgan fingerprint density at radius 2 is 1.94 bits per heavy atom. The fourth-order valence-electron chi connectivity index (χ4n) is 4.36. The highest BCUT2D eigenvalue weighted by Gasteiger charge is 2.18. The largest absolute Gasteiger partial charge is 0.421 e. The van der Waals surface area contributed by atoms with E-state index in [-0.39, 0.29) is 6.61 Å². The summed E-state index contributed by atoms with van der Waals surface area (Å²) in [5.74, 6) is 1.49. The molecule has 0 fully saturated rings. The van der Waals surface area contributed by atoms with Crippen LogP contribution >= 0.6 is 8.25 Å². The molecule has 0 aliphatic carbocycles. The highest BCUT2D eigenvalue weighted by atomic mass is 31.1. The van der Waals surface area contributed by atoms with E-state index in [4.69, 9.17) is 13.8 Å². The van der Waals surface area contributed by atoms with Crippen LogP contribution in [0.15, 0.2) is 65.2 Å². The number of unbranched alkanes of at least 4 members (excludes halogenated alkanes) is 1. The SMILES string of the molecule is CCCCC(Cc1nnc(-c2ccc(CNCCCO[PH](=O)O)c3ncccc23)o1)c1ccccc1. The van der Waals surface area contributed by atoms with Crippen molar-refractivity contribution in [1.82, 2.24) is 20.5 Å². The van der Waals surface area contributed by atoms with Crippen LogP contribution in [0.1, 0.15) is 55.5 Å². The van der Waals surface area contributed by atoms with Crippen molar-refractivity contribution in [2.24, 2.45) is 0 Å². The summed E-state index contributed by atoms with van der Waals surface area (Å²) in [5, 5.41) is 13.1. The van der Waals surface area contributed by atoms with E-state index < -0.39 is 8.25 Å². The van der Waals surface area contributed by atoms with Crippen LogP contribution in [0.25, 0.3) is 22.4 Å². The minimum Gasteiger partial charge on any atom is -0.421 e. The number of benzene rings is 2. The lowest BCUT2D eigenvalue weighted by atomic mass is 9.91. The molecule has 36 heavy (non-hydrogen) atoms. The van der Waals surface area contributed by atoms with Gasteiger partial charge in [0.25, 0.3) is 0 Å². The van der Waals surface area contributed by atoms with Crippen LogP contribution in [0.3, 0.4) is 0 Å². The van der Waals surface area contributed by atoms with Gasteiger partial charge in [0.15, 0.2) is 0 Å². The fourth-order valence-corrected chi connectivity index (χ4v) is 4.68. The Kier molecular flexibility index (Phi) is 9.76. The molecule has 0 bridgehead atoms. The van der Waals surface area contributed by atoms with Gasteiger partial charge in [-0.25, -0.2) is 0 Å². The van der Waals surface area contributed by atoms with Gasteiger partial charge >= 0.3 is 8.25 Å². The van der Waals surface area contributed by atoms with Crippen molar-refractivity contribution in [3.05, 3.63) is 77.8 Å². The quantitative estimate of drug-likeness (QED) is 0.165. The summed E-state index contributed by atoms with van der Waals surface area (Å²) in [5.41, 5.74) is 4.10. The van der Waals surface area contributed by atoms with Gasteiger partial charge in [0.05, 0.1) is 12.1 Å². The van der Waals surface area contributed by atoms with Crippen LogP contribution in [0.2, 0.25) is 0 Å². The topological polar surface area (TPSA) is 110 Å². The number of aromatic nitrogens is 3. The first kappa shape index (κ1) is 26.2. The molecule has 2 heterocycles. The zero-order valence-electron chi connectivity index (χ0n) is 20.5. The summed E-state index contributed by atoms with van der Waals surface area (Å²) in [6.45, 7) is 3.75. The number of hydrogen-bond acceptors (Lipinski definition) is 7. The first-order valence-electron chi connectivity index (χ1n) is 12.5. The highest BCUT2D eigenvalue weighted by molar-refractivity contribution is 7.32. The summed E-state index contributed by atoms with van der Waals surface area (Å²) in [6.07, 6.45) is 6.52. The lowest BCUT2D eigenvalue weighted by Gasteiger charge is -2.15. The predicted octanol–water partition coefficient (Wildman–Crippen LogP) is 5.68. The van der Waals surface area contributed by atoms with Gasteiger partial charge in [-0.3, -0.25) is 9.55 Å². The van der Waals surface area contributed by atoms with Gasteiger partial charge in [-0.1, -0.05) is 62.2 Å². The zero-order valence-corrected chi connectivity index (χ0v) is 21.5. The van der Waals surface area contributed by atoms with E-state index in [1.54, 1.807) is 6.20 Å². The summed E-state index contributed by atoms with van der Waals surface area (Å²) in [7, 11) is -2.86. The number of fused-ring (bicyclic) bond motifs is 1. The van der Waals surface area contributed by atoms with Crippen molar-refractivity contribution >= 4 is 19.2 Å². The van der Waals surface area contributed by atoms with Gasteiger partial charge < -0.3 is 19.2 Å². The maximum atomic E-state index is 10.6. The first-order chi connectivity index (χ1) is 17.7. The zero-order chi connectivity index (χ0) is 25.2. The molecule has 2 unspecified atom stereocenters. The fraction of sp³-hybridized carbons (Fsp3) is 0.370. The van der Waals surface area contributed by atoms with E-state index in [1.807, 2.05) is 30.3 Å². The monoisotopic (exact) mass is 508 g/mol. The van der Waals surface area contributed by atoms with Gasteiger partial charge in [-0.2, -0.15) is 0 Å². The van der Waals surface area contributed by atoms with Crippen molar-refractivity contribution in [2.75, 3.05) is 13.2 Å². The van der Waals surface area contributed by atoms with Crippen LogP contribution in [0.4, 0.5) is 0 Å². The van der Waals surface area contributed by atoms with E-state index >= 15 is 0 Å². The minimum absolute atomic E-state index is 0.252. The van der Waals surface area contributed by atoms with Gasteiger partial charge in [0.2, 0.25) is 11.8 Å². The molecule has 2 N–H and O–H groups in total. The summed E-state index contributed by atoms with van der Waals surface area (Å²) < 4.78 is 21.5. The molecule has 0 aliphatic rings. The maximum absolute atomic E-state index is 10.6. The van der Waals surface area contributed by atoms with Crippen molar-refractivity contribution < 1.29 is 18.4 Å². The van der Waals surface area contributed by atoms with Crippen LogP contribution in [0, 0.1) is 0 Å². The highest BCUT2D eigenvalue weighted by Crippen LogP contribution is 2.31. The second-order valence-electron chi connectivity index (χ2n) is 8.77. The molecule has 0 aliphatic heterocycles. The van der Waals surface area contributed by atoms with Crippen LogP contribution in [0.5, 0.6) is 0 Å². The molecule has 2 aromatic carbocycles. The number of rotatable bonds is 14. The molecule has 9 heteroatoms. The van der Waals surface area contributed by atoms with E-state index in [1.165, 1.54) is 5.56 Å². The Morgan fingerprint density at radius 3 is 2.75 bits per heavy atom. The Labute approximate surface area is 212 Å². The van der Waals surface area contributed by atoms with Crippen molar-refractivity contribution in [3.8, 4) is 11.5 Å². The second-order valence-corrected chi connectivity index (χ2v) is 9.59. The predicted molar refractivity (Wildman–Crippen MR) is 141 cm³/mol. The van der Waals surface area contributed by atoms with Gasteiger partial charge in [0, 0.05) is 30.1 Å². The van der Waals surface area contributed by atoms with E-state index in [2.05, 4.69) is 51.7 Å². The summed E-state index contributed by atoms with van der Waals surface area (Å²) in [4.78, 5) is 13.3. The van der Waals surface area contributed by atoms with E-state index in [0.717, 1.165) is 41.3 Å². The minimum atomic E-state index is -2.86. The van der Waals surface area contributed by atoms with Gasteiger partial charge in [0.1, 0.15) is 0 Å². The molecule has 190 valence electrons. The normalized spacial score (nSPS) is 13.2. The first-order valence-corrected chi connectivity index (χ1v) is 13.7. The lowest BCUT2D eigenvalue weighted by Crippen LogP contribution is -2.16. The molecule has 4 rings (SSSR count). The molecule has 0 saturated heterocycles. The third-order valence-corrected chi connectivity index (χ3v) is 6.64. The molecule has 8 nitrogen and oxygen atoms in total. The lowest BCUT2D eigenvalue weighted by molar-refractivity contribution is 0.276. The van der Waals surface area contributed by atoms with Gasteiger partial charge in [-0.15, -0.1) is 10.2 Å². The molecule has 0 spiro atoms. The molecule has 0 saturated carbocycles. The average Bonchev–Trinajstić information content (AvgIpc) is 3.37. The van der Waals surface area contributed by atoms with Crippen molar-refractivity contribution in [2.45, 2.75) is 51.5 Å². The van der Waals surface area contributed by atoms with Crippen LogP contribution < -0.4 is 5.32 Å². The third kappa shape index (κ3) is 7.08. The summed E-state index contributed by atoms with van der Waals surface area (Å²) >= 11 is 0. The number of hydrogen-bond donors (Lipinski definition) is 2. The molecule has 2 atom stereocenters. The van der Waals surface area contributed by atoms with Crippen molar-refractivity contribution in [3.63, 3.8) is 0 Å². The standard InChI is InChI=1S/C27H33N4O4P/c1-2-3-9-21(20-10-5-4-6-11-20)18-25-30-31-27(35-25)24-14-13-22(26-23(24)12-7-16-29-26)19-28-15-8-17-34-36(32)33/h4-7,10-14,16,21,28,36H,2-3,8-9,15,17-19H2,1H3,(H,32,33). The van der Waals surface area contributed by atoms with Crippen LogP contribution in [-0.2, 0) is 22.1 Å². The Hall–Kier alpha value is -2.90. The number of pyridine rings is 1. The molecule has 0 radical (unpaired) electrons. The number of nitrogens with zero attached hydrogens (tertiary/aromatic N) is 3. The summed E-state index contributed by atoms with van der Waals surface area (Å²) in [6, 6.07) is 18.5. The Bertz CT molecular complexity index is 1270. The maximum Gasteiger partial charge on any atom is 0.316 e. The molecular formula is C27H33N4O4P. The Morgan fingerprint density at radius 1 is 1.08 bits per heavy atom. The van der Waals surface area contributed by atoms with E-state index in [0.29, 0.717) is 43.6 Å². The Balaban J connectivity index is 1.48. The molecule has 0 amide bonds. The average molecular weight is 509 g/mol. The second kappa shape index (κ2) is 13.4. The molecule has 4 aromatic rings. The van der Waals surface area contributed by atoms with E-state index in [9.17, 15) is 4.57 Å². The molecular weight excluding hydrogens is 475 g/mol. The van der Waals surface area contributed by atoms with Crippen LogP contribution in [-0.4, -0.2) is 33.2 Å². The van der Waals surface area contributed by atoms with Gasteiger partial charge in [-0.05, 0) is 48.6 Å². The number of nitrogens with one attached hydrogen (secondary N) is 1. The third-order valence-electron chi connectivity index (χ3n) is 6.19.